The zero-order valence-electron chi connectivity index (χ0n) is 10.0. The highest BCUT2D eigenvalue weighted by Crippen LogP contribution is 2.38. The van der Waals surface area contributed by atoms with Crippen LogP contribution in [0.25, 0.3) is 5.69 Å². The van der Waals surface area contributed by atoms with E-state index in [0.717, 1.165) is 24.5 Å². The van der Waals surface area contributed by atoms with E-state index in [1.165, 1.54) is 12.1 Å². The second-order valence-corrected chi connectivity index (χ2v) is 4.59. The molecule has 0 atom stereocenters. The van der Waals surface area contributed by atoms with Crippen LogP contribution >= 0.6 is 0 Å². The minimum absolute atomic E-state index is 0.269. The summed E-state index contributed by atoms with van der Waals surface area (Å²) in [4.78, 5) is 4.52. The van der Waals surface area contributed by atoms with Crippen LogP contribution < -0.4 is 5.73 Å². The predicted octanol–water partition coefficient (Wildman–Crippen LogP) is 1.78. The number of rotatable bonds is 4. The molecular weight excluding hydrogens is 231 g/mol. The van der Waals surface area contributed by atoms with Gasteiger partial charge in [0.15, 0.2) is 5.82 Å². The van der Waals surface area contributed by atoms with Gasteiger partial charge in [-0.3, -0.25) is 0 Å². The zero-order valence-corrected chi connectivity index (χ0v) is 10.0. The summed E-state index contributed by atoms with van der Waals surface area (Å²) in [5, 5.41) is 4.49. The van der Waals surface area contributed by atoms with Crippen molar-refractivity contribution in [3.63, 3.8) is 0 Å². The highest BCUT2D eigenvalue weighted by molar-refractivity contribution is 5.32. The number of benzene rings is 1. The molecule has 2 aromatic rings. The zero-order chi connectivity index (χ0) is 12.5. The lowest BCUT2D eigenvalue weighted by Crippen LogP contribution is -2.09. The Hall–Kier alpha value is -1.75. The molecule has 2 N–H and O–H groups in total. The van der Waals surface area contributed by atoms with Crippen LogP contribution in [0.2, 0.25) is 0 Å². The fourth-order valence-corrected chi connectivity index (χ4v) is 1.98. The van der Waals surface area contributed by atoms with Gasteiger partial charge in [-0.15, -0.1) is 0 Å². The largest absolute Gasteiger partial charge is 0.330 e. The van der Waals surface area contributed by atoms with Gasteiger partial charge in [0.25, 0.3) is 0 Å². The Morgan fingerprint density at radius 1 is 1.39 bits per heavy atom. The molecule has 94 valence electrons. The van der Waals surface area contributed by atoms with E-state index >= 15 is 0 Å². The summed E-state index contributed by atoms with van der Waals surface area (Å²) >= 11 is 0. The van der Waals surface area contributed by atoms with Gasteiger partial charge in [-0.1, -0.05) is 6.07 Å². The molecule has 0 radical (unpaired) electrons. The van der Waals surface area contributed by atoms with Crippen molar-refractivity contribution in [2.24, 2.45) is 5.73 Å². The van der Waals surface area contributed by atoms with E-state index in [1.54, 1.807) is 10.7 Å². The molecule has 0 unspecified atom stereocenters. The van der Waals surface area contributed by atoms with Crippen LogP contribution in [0.4, 0.5) is 4.39 Å². The van der Waals surface area contributed by atoms with E-state index < -0.39 is 0 Å². The summed E-state index contributed by atoms with van der Waals surface area (Å²) in [7, 11) is 0. The molecule has 1 aliphatic carbocycles. The first-order valence-electron chi connectivity index (χ1n) is 6.20. The number of nitrogens with two attached hydrogens (primary N) is 1. The van der Waals surface area contributed by atoms with E-state index in [9.17, 15) is 4.39 Å². The van der Waals surface area contributed by atoms with Crippen molar-refractivity contribution < 1.29 is 4.39 Å². The quantitative estimate of drug-likeness (QED) is 0.894. The molecule has 0 amide bonds. The van der Waals surface area contributed by atoms with Crippen LogP contribution in [-0.4, -0.2) is 21.3 Å². The lowest BCUT2D eigenvalue weighted by Gasteiger charge is -2.04. The van der Waals surface area contributed by atoms with Crippen LogP contribution in [0.5, 0.6) is 0 Å². The van der Waals surface area contributed by atoms with Crippen LogP contribution in [0.1, 0.15) is 30.4 Å². The highest BCUT2D eigenvalue weighted by Gasteiger charge is 2.29. The number of nitrogens with zero attached hydrogens (tertiary/aromatic N) is 3. The molecule has 18 heavy (non-hydrogen) atoms. The molecule has 1 aromatic carbocycles. The van der Waals surface area contributed by atoms with Crippen molar-refractivity contribution in [2.45, 2.75) is 25.2 Å². The van der Waals surface area contributed by atoms with Crippen molar-refractivity contribution in [3.8, 4) is 5.69 Å². The van der Waals surface area contributed by atoms with Gasteiger partial charge in [0.2, 0.25) is 0 Å². The van der Waals surface area contributed by atoms with Gasteiger partial charge in [0.1, 0.15) is 11.6 Å². The molecule has 3 rings (SSSR count). The van der Waals surface area contributed by atoms with E-state index in [2.05, 4.69) is 10.1 Å². The van der Waals surface area contributed by atoms with E-state index in [-0.39, 0.29) is 5.82 Å². The summed E-state index contributed by atoms with van der Waals surface area (Å²) in [6.07, 6.45) is 2.95. The van der Waals surface area contributed by atoms with Crippen molar-refractivity contribution in [3.05, 3.63) is 41.7 Å². The lowest BCUT2D eigenvalue weighted by atomic mass is 10.3. The normalized spacial score (nSPS) is 15.0. The maximum absolute atomic E-state index is 13.3. The van der Waals surface area contributed by atoms with Crippen LogP contribution in [0, 0.1) is 5.82 Å². The smallest absolute Gasteiger partial charge is 0.154 e. The Labute approximate surface area is 105 Å². The molecule has 1 heterocycles. The Morgan fingerprint density at radius 2 is 2.22 bits per heavy atom. The first-order chi connectivity index (χ1) is 8.78. The lowest BCUT2D eigenvalue weighted by molar-refractivity contribution is 0.624. The number of aromatic nitrogens is 3. The Kier molecular flexibility index (Phi) is 2.83. The average molecular weight is 246 g/mol. The predicted molar refractivity (Wildman–Crippen MR) is 66.1 cm³/mol. The second-order valence-electron chi connectivity index (χ2n) is 4.59. The molecule has 1 aliphatic rings. The third-order valence-electron chi connectivity index (χ3n) is 3.05. The second kappa shape index (κ2) is 4.49. The molecular formula is C13H15FN4. The van der Waals surface area contributed by atoms with Crippen molar-refractivity contribution in [1.82, 2.24) is 14.8 Å². The maximum Gasteiger partial charge on any atom is 0.154 e. The third-order valence-corrected chi connectivity index (χ3v) is 3.05. The molecule has 0 spiro atoms. The van der Waals surface area contributed by atoms with E-state index in [0.29, 0.717) is 24.6 Å². The van der Waals surface area contributed by atoms with Crippen LogP contribution in [0.3, 0.4) is 0 Å². The van der Waals surface area contributed by atoms with Gasteiger partial charge in [-0.2, -0.15) is 5.10 Å². The van der Waals surface area contributed by atoms with Crippen molar-refractivity contribution in [1.29, 1.82) is 0 Å². The van der Waals surface area contributed by atoms with Crippen molar-refractivity contribution >= 4 is 0 Å². The first kappa shape index (κ1) is 11.3. The number of halogens is 1. The average Bonchev–Trinajstić information content (AvgIpc) is 3.12. The van der Waals surface area contributed by atoms with Crippen LogP contribution in [-0.2, 0) is 6.42 Å². The van der Waals surface area contributed by atoms with E-state index in [1.807, 2.05) is 6.07 Å². The summed E-state index contributed by atoms with van der Waals surface area (Å²) in [6, 6.07) is 6.39. The maximum atomic E-state index is 13.3. The molecule has 4 nitrogen and oxygen atoms in total. The molecule has 0 aliphatic heterocycles. The fraction of sp³-hybridized carbons (Fsp3) is 0.385. The van der Waals surface area contributed by atoms with Crippen molar-refractivity contribution in [2.75, 3.05) is 6.54 Å². The summed E-state index contributed by atoms with van der Waals surface area (Å²) in [5.41, 5.74) is 6.29. The van der Waals surface area contributed by atoms with Gasteiger partial charge in [-0.05, 0) is 37.6 Å². The summed E-state index contributed by atoms with van der Waals surface area (Å²) in [5.74, 6) is 1.89. The summed E-state index contributed by atoms with van der Waals surface area (Å²) < 4.78 is 15.0. The monoisotopic (exact) mass is 246 g/mol. The summed E-state index contributed by atoms with van der Waals surface area (Å²) in [6.45, 7) is 0.512. The third kappa shape index (κ3) is 2.13. The highest BCUT2D eigenvalue weighted by atomic mass is 19.1. The SMILES string of the molecule is NCCc1nc(C2CC2)nn1-c1cccc(F)c1. The molecule has 0 bridgehead atoms. The van der Waals surface area contributed by atoms with Crippen LogP contribution in [0.15, 0.2) is 24.3 Å². The molecule has 5 heteroatoms. The van der Waals surface area contributed by atoms with Gasteiger partial charge in [-0.25, -0.2) is 14.1 Å². The molecule has 1 fully saturated rings. The van der Waals surface area contributed by atoms with Gasteiger partial charge in [0.05, 0.1) is 5.69 Å². The topological polar surface area (TPSA) is 56.7 Å². The van der Waals surface area contributed by atoms with E-state index in [4.69, 9.17) is 5.73 Å². The minimum atomic E-state index is -0.269. The molecule has 1 saturated carbocycles. The standard InChI is InChI=1S/C13H15FN4/c14-10-2-1-3-11(8-10)18-12(6-7-15)16-13(17-18)9-4-5-9/h1-3,8-9H,4-7,15H2. The Bertz CT molecular complexity index is 560. The minimum Gasteiger partial charge on any atom is -0.330 e. The number of hydrogen-bond acceptors (Lipinski definition) is 3. The molecule has 0 saturated heterocycles. The van der Waals surface area contributed by atoms with Gasteiger partial charge in [0, 0.05) is 12.3 Å². The Morgan fingerprint density at radius 3 is 2.89 bits per heavy atom. The first-order valence-corrected chi connectivity index (χ1v) is 6.20. The fourth-order valence-electron chi connectivity index (χ4n) is 1.98. The number of hydrogen-bond donors (Lipinski definition) is 1. The Balaban J connectivity index is 2.03. The van der Waals surface area contributed by atoms with Gasteiger partial charge >= 0.3 is 0 Å². The molecule has 1 aromatic heterocycles. The van der Waals surface area contributed by atoms with Gasteiger partial charge < -0.3 is 5.73 Å².